The first-order valence-corrected chi connectivity index (χ1v) is 11.6. The number of nitrogens with zero attached hydrogens (tertiary/aromatic N) is 4. The lowest BCUT2D eigenvalue weighted by Crippen LogP contribution is -2.35. The van der Waals surface area contributed by atoms with Gasteiger partial charge < -0.3 is 19.7 Å². The van der Waals surface area contributed by atoms with Crippen molar-refractivity contribution in [3.63, 3.8) is 0 Å². The topological polar surface area (TPSA) is 36.3 Å². The normalized spacial score (nSPS) is 18.6. The predicted molar refractivity (Wildman–Crippen MR) is 134 cm³/mol. The first-order valence-electron chi connectivity index (χ1n) is 10.4. The Bertz CT molecular complexity index is 1080. The highest BCUT2D eigenvalue weighted by atomic mass is 79.9. The Balaban J connectivity index is 1.81. The van der Waals surface area contributed by atoms with Crippen molar-refractivity contribution in [2.45, 2.75) is 25.9 Å². The van der Waals surface area contributed by atoms with Gasteiger partial charge in [-0.05, 0) is 82.1 Å². The van der Waals surface area contributed by atoms with E-state index in [2.05, 4.69) is 105 Å². The highest BCUT2D eigenvalue weighted by Crippen LogP contribution is 2.41. The fourth-order valence-corrected chi connectivity index (χ4v) is 5.11. The molecule has 4 rings (SSSR count). The number of hydrogen-bond acceptors (Lipinski definition) is 3. The van der Waals surface area contributed by atoms with Gasteiger partial charge in [0.05, 0.1) is 17.8 Å². The summed E-state index contributed by atoms with van der Waals surface area (Å²) >= 11 is 9.41. The Labute approximate surface area is 198 Å². The molecule has 0 spiro atoms. The molecule has 1 fully saturated rings. The number of likely N-dealkylation sites (N-methyl/N-ethyl adjacent to an activating group) is 1. The number of halogens is 1. The second-order valence-corrected chi connectivity index (χ2v) is 9.57. The molecular formula is C24H28BrN5S. The van der Waals surface area contributed by atoms with E-state index in [4.69, 9.17) is 12.2 Å². The van der Waals surface area contributed by atoms with Gasteiger partial charge in [-0.2, -0.15) is 0 Å². The lowest BCUT2D eigenvalue weighted by atomic mass is 9.97. The average Bonchev–Trinajstić information content (AvgIpc) is 3.22. The lowest BCUT2D eigenvalue weighted by molar-refractivity contribution is 0.277. The average molecular weight is 498 g/mol. The lowest BCUT2D eigenvalue weighted by Gasteiger charge is -2.29. The van der Waals surface area contributed by atoms with Crippen LogP contribution in [-0.4, -0.2) is 51.6 Å². The second-order valence-electron chi connectivity index (χ2n) is 8.27. The summed E-state index contributed by atoms with van der Waals surface area (Å²) in [6.07, 6.45) is 1.85. The van der Waals surface area contributed by atoms with Crippen LogP contribution in [0.15, 0.2) is 59.2 Å². The minimum Gasteiger partial charge on any atom is -0.352 e. The minimum absolute atomic E-state index is 0.00678. The smallest absolute Gasteiger partial charge is 0.170 e. The molecule has 5 nitrogen and oxygen atoms in total. The summed E-state index contributed by atoms with van der Waals surface area (Å²) in [7, 11) is 4.19. The Morgan fingerprint density at radius 2 is 1.94 bits per heavy atom. The largest absolute Gasteiger partial charge is 0.352 e. The Morgan fingerprint density at radius 1 is 1.13 bits per heavy atom. The summed E-state index contributed by atoms with van der Waals surface area (Å²) in [5.74, 6) is 0. The Morgan fingerprint density at radius 3 is 2.61 bits per heavy atom. The maximum atomic E-state index is 5.80. The van der Waals surface area contributed by atoms with E-state index in [9.17, 15) is 0 Å². The highest BCUT2D eigenvalue weighted by molar-refractivity contribution is 9.10. The maximum absolute atomic E-state index is 5.80. The van der Waals surface area contributed by atoms with Crippen LogP contribution < -0.4 is 5.32 Å². The number of aryl methyl sites for hydroxylation is 1. The van der Waals surface area contributed by atoms with E-state index < -0.39 is 0 Å². The standard InChI is InChI=1S/C24H28BrN5S/c1-16-14-20(17(2)30(16)19-9-7-8-18(25)15-19)23-22(21-10-5-6-11-26-21)27-24(31)29(23)13-12-28(3)4/h5-11,14-15,22-23H,12-13H2,1-4H3,(H,27,31)/t22-,23-/m1/s1. The van der Waals surface area contributed by atoms with E-state index >= 15 is 0 Å². The molecule has 7 heteroatoms. The van der Waals surface area contributed by atoms with E-state index in [0.29, 0.717) is 0 Å². The number of aromatic nitrogens is 2. The molecule has 0 radical (unpaired) electrons. The van der Waals surface area contributed by atoms with Gasteiger partial charge in [-0.1, -0.05) is 28.1 Å². The molecule has 2 atom stereocenters. The van der Waals surface area contributed by atoms with E-state index in [1.54, 1.807) is 0 Å². The van der Waals surface area contributed by atoms with Crippen molar-refractivity contribution in [1.82, 2.24) is 24.7 Å². The van der Waals surface area contributed by atoms with Crippen LogP contribution in [0.2, 0.25) is 0 Å². The first-order chi connectivity index (χ1) is 14.9. The highest BCUT2D eigenvalue weighted by Gasteiger charge is 2.41. The fraction of sp³-hybridized carbons (Fsp3) is 0.333. The monoisotopic (exact) mass is 497 g/mol. The fourth-order valence-electron chi connectivity index (χ4n) is 4.39. The zero-order chi connectivity index (χ0) is 22.1. The predicted octanol–water partition coefficient (Wildman–Crippen LogP) is 4.79. The van der Waals surface area contributed by atoms with Gasteiger partial charge in [-0.3, -0.25) is 4.98 Å². The molecule has 1 aromatic carbocycles. The van der Waals surface area contributed by atoms with Crippen molar-refractivity contribution < 1.29 is 0 Å². The number of hydrogen-bond donors (Lipinski definition) is 1. The van der Waals surface area contributed by atoms with Crippen molar-refractivity contribution in [2.24, 2.45) is 0 Å². The van der Waals surface area contributed by atoms with Crippen molar-refractivity contribution in [1.29, 1.82) is 0 Å². The summed E-state index contributed by atoms with van der Waals surface area (Å²) < 4.78 is 3.39. The van der Waals surface area contributed by atoms with Crippen LogP contribution in [0.25, 0.3) is 5.69 Å². The number of rotatable bonds is 6. The molecule has 3 heterocycles. The molecule has 0 unspecified atom stereocenters. The minimum atomic E-state index is 0.00678. The van der Waals surface area contributed by atoms with Gasteiger partial charge in [0.1, 0.15) is 0 Å². The van der Waals surface area contributed by atoms with Crippen LogP contribution in [0.1, 0.15) is 34.7 Å². The third kappa shape index (κ3) is 4.40. The molecule has 0 aliphatic carbocycles. The van der Waals surface area contributed by atoms with E-state index in [1.165, 1.54) is 17.0 Å². The number of nitrogens with one attached hydrogen (secondary N) is 1. The van der Waals surface area contributed by atoms with Gasteiger partial charge in [0.25, 0.3) is 0 Å². The summed E-state index contributed by atoms with van der Waals surface area (Å²) in [6.45, 7) is 6.15. The Hall–Kier alpha value is -2.22. The van der Waals surface area contributed by atoms with Gasteiger partial charge in [0.15, 0.2) is 5.11 Å². The number of thiocarbonyl (C=S) groups is 1. The van der Waals surface area contributed by atoms with Crippen molar-refractivity contribution >= 4 is 33.3 Å². The van der Waals surface area contributed by atoms with Crippen LogP contribution >= 0.6 is 28.1 Å². The van der Waals surface area contributed by atoms with E-state index in [1.807, 2.05) is 18.3 Å². The molecule has 31 heavy (non-hydrogen) atoms. The summed E-state index contributed by atoms with van der Waals surface area (Å²) in [5.41, 5.74) is 5.87. The zero-order valence-corrected chi connectivity index (χ0v) is 20.7. The molecule has 0 amide bonds. The van der Waals surface area contributed by atoms with Gasteiger partial charge in [-0.15, -0.1) is 0 Å². The van der Waals surface area contributed by atoms with Crippen molar-refractivity contribution in [3.05, 3.63) is 81.8 Å². The third-order valence-corrected chi connectivity index (χ3v) is 6.69. The van der Waals surface area contributed by atoms with E-state index in [0.717, 1.165) is 34.1 Å². The molecule has 2 aromatic heterocycles. The molecule has 1 N–H and O–H groups in total. The second kappa shape index (κ2) is 9.10. The maximum Gasteiger partial charge on any atom is 0.170 e. The van der Waals surface area contributed by atoms with E-state index in [-0.39, 0.29) is 12.1 Å². The molecular weight excluding hydrogens is 470 g/mol. The van der Waals surface area contributed by atoms with Crippen molar-refractivity contribution in [2.75, 3.05) is 27.2 Å². The molecule has 1 saturated heterocycles. The van der Waals surface area contributed by atoms with Crippen LogP contribution in [0.4, 0.5) is 0 Å². The van der Waals surface area contributed by atoms with Crippen LogP contribution in [0.3, 0.4) is 0 Å². The summed E-state index contributed by atoms with van der Waals surface area (Å²) in [4.78, 5) is 9.17. The number of pyridine rings is 1. The quantitative estimate of drug-likeness (QED) is 0.495. The molecule has 1 aliphatic heterocycles. The van der Waals surface area contributed by atoms with Gasteiger partial charge >= 0.3 is 0 Å². The van der Waals surface area contributed by atoms with Crippen LogP contribution in [0.5, 0.6) is 0 Å². The molecule has 162 valence electrons. The van der Waals surface area contributed by atoms with Gasteiger partial charge in [0.2, 0.25) is 0 Å². The zero-order valence-electron chi connectivity index (χ0n) is 18.3. The number of benzene rings is 1. The van der Waals surface area contributed by atoms with Crippen LogP contribution in [0, 0.1) is 13.8 Å². The molecule has 1 aliphatic rings. The van der Waals surface area contributed by atoms with Gasteiger partial charge in [-0.25, -0.2) is 0 Å². The summed E-state index contributed by atoms with van der Waals surface area (Å²) in [5, 5.41) is 4.34. The molecule has 3 aromatic rings. The SMILES string of the molecule is Cc1cc([C@@H]2[C@@H](c3ccccn3)NC(=S)N2CCN(C)C)c(C)n1-c1cccc(Br)c1. The first kappa shape index (κ1) is 22.0. The summed E-state index contributed by atoms with van der Waals surface area (Å²) in [6, 6.07) is 16.9. The van der Waals surface area contributed by atoms with Crippen LogP contribution in [-0.2, 0) is 0 Å². The third-order valence-electron chi connectivity index (χ3n) is 5.84. The van der Waals surface area contributed by atoms with Crippen molar-refractivity contribution in [3.8, 4) is 5.69 Å². The molecule has 0 bridgehead atoms. The Kier molecular flexibility index (Phi) is 6.46. The van der Waals surface area contributed by atoms with Gasteiger partial charge in [0, 0.05) is 40.8 Å². The molecule has 0 saturated carbocycles.